The van der Waals surface area contributed by atoms with E-state index in [9.17, 15) is 0 Å². The van der Waals surface area contributed by atoms with E-state index >= 15 is 0 Å². The maximum Gasteiger partial charge on any atom is 0.0555 e. The Bertz CT molecular complexity index is 515. The van der Waals surface area contributed by atoms with Gasteiger partial charge in [-0.05, 0) is 35.1 Å². The summed E-state index contributed by atoms with van der Waals surface area (Å²) in [4.78, 5) is 0. The fraction of sp³-hybridized carbons (Fsp3) is 0.294. The van der Waals surface area contributed by atoms with Crippen LogP contribution in [0.2, 0.25) is 0 Å². The lowest BCUT2D eigenvalue weighted by atomic mass is 9.98. The first-order valence-electron chi connectivity index (χ1n) is 6.68. The van der Waals surface area contributed by atoms with Crippen LogP contribution in [0.4, 0.5) is 5.69 Å². The van der Waals surface area contributed by atoms with Gasteiger partial charge in [0.2, 0.25) is 0 Å². The average molecular weight is 237 g/mol. The monoisotopic (exact) mass is 237 g/mol. The van der Waals surface area contributed by atoms with Crippen LogP contribution in [-0.4, -0.2) is 0 Å². The number of hydrogen-bond acceptors (Lipinski definition) is 1. The minimum Gasteiger partial charge on any atom is -0.378 e. The Balaban J connectivity index is 1.82. The van der Waals surface area contributed by atoms with Gasteiger partial charge in [-0.1, -0.05) is 56.3 Å². The van der Waals surface area contributed by atoms with Crippen molar-refractivity contribution < 1.29 is 0 Å². The van der Waals surface area contributed by atoms with Crippen LogP contribution < -0.4 is 5.32 Å². The Kier molecular flexibility index (Phi) is 2.83. The summed E-state index contributed by atoms with van der Waals surface area (Å²) in [5, 5.41) is 3.60. The van der Waals surface area contributed by atoms with Crippen LogP contribution in [-0.2, 0) is 6.42 Å². The molecule has 1 aliphatic heterocycles. The van der Waals surface area contributed by atoms with Crippen molar-refractivity contribution in [2.24, 2.45) is 0 Å². The van der Waals surface area contributed by atoms with E-state index in [2.05, 4.69) is 67.7 Å². The molecule has 18 heavy (non-hydrogen) atoms. The standard InChI is InChI=1S/C17H19N/c1-12(2)13-7-9-14(10-8-13)17-11-15-5-3-4-6-16(15)18-17/h3-10,12,17-18H,11H2,1-2H3/t17-/m0/s1. The molecule has 1 aliphatic rings. The van der Waals surface area contributed by atoms with Gasteiger partial charge in [0.25, 0.3) is 0 Å². The Morgan fingerprint density at radius 3 is 2.39 bits per heavy atom. The van der Waals surface area contributed by atoms with Gasteiger partial charge in [0.05, 0.1) is 6.04 Å². The highest BCUT2D eigenvalue weighted by atomic mass is 14.9. The van der Waals surface area contributed by atoms with Crippen LogP contribution in [0.25, 0.3) is 0 Å². The van der Waals surface area contributed by atoms with Gasteiger partial charge in [0.1, 0.15) is 0 Å². The summed E-state index contributed by atoms with van der Waals surface area (Å²) in [6.45, 7) is 4.47. The highest BCUT2D eigenvalue weighted by Crippen LogP contribution is 2.34. The Morgan fingerprint density at radius 1 is 1.00 bits per heavy atom. The molecule has 0 unspecified atom stereocenters. The van der Waals surface area contributed by atoms with Gasteiger partial charge in [-0.3, -0.25) is 0 Å². The molecule has 1 atom stereocenters. The first kappa shape index (κ1) is 11.3. The summed E-state index contributed by atoms with van der Waals surface area (Å²) < 4.78 is 0. The molecule has 92 valence electrons. The van der Waals surface area contributed by atoms with Crippen molar-refractivity contribution in [3.8, 4) is 0 Å². The van der Waals surface area contributed by atoms with Crippen molar-refractivity contribution in [3.05, 3.63) is 65.2 Å². The van der Waals surface area contributed by atoms with E-state index in [0.29, 0.717) is 12.0 Å². The summed E-state index contributed by atoms with van der Waals surface area (Å²) in [6, 6.07) is 18.1. The van der Waals surface area contributed by atoms with Gasteiger partial charge in [-0.15, -0.1) is 0 Å². The van der Waals surface area contributed by atoms with E-state index in [1.165, 1.54) is 22.4 Å². The second-order valence-corrected chi connectivity index (χ2v) is 5.38. The topological polar surface area (TPSA) is 12.0 Å². The lowest BCUT2D eigenvalue weighted by molar-refractivity contribution is 0.816. The number of fused-ring (bicyclic) bond motifs is 1. The molecule has 0 saturated heterocycles. The smallest absolute Gasteiger partial charge is 0.0555 e. The van der Waals surface area contributed by atoms with Crippen LogP contribution in [0.3, 0.4) is 0 Å². The molecule has 1 heteroatoms. The van der Waals surface area contributed by atoms with Crippen LogP contribution in [0.5, 0.6) is 0 Å². The fourth-order valence-electron chi connectivity index (χ4n) is 2.61. The fourth-order valence-corrected chi connectivity index (χ4v) is 2.61. The molecule has 0 aromatic heterocycles. The maximum absolute atomic E-state index is 3.60. The van der Waals surface area contributed by atoms with E-state index in [1.54, 1.807) is 0 Å². The predicted octanol–water partition coefficient (Wildman–Crippen LogP) is 4.52. The number of nitrogens with one attached hydrogen (secondary N) is 1. The summed E-state index contributed by atoms with van der Waals surface area (Å²) in [6.07, 6.45) is 1.09. The third-order valence-electron chi connectivity index (χ3n) is 3.78. The summed E-state index contributed by atoms with van der Waals surface area (Å²) in [5.41, 5.74) is 5.51. The van der Waals surface area contributed by atoms with Gasteiger partial charge in [-0.2, -0.15) is 0 Å². The molecule has 0 amide bonds. The van der Waals surface area contributed by atoms with Crippen molar-refractivity contribution in [2.45, 2.75) is 32.2 Å². The quantitative estimate of drug-likeness (QED) is 0.809. The molecule has 0 radical (unpaired) electrons. The minimum atomic E-state index is 0.434. The molecule has 1 N–H and O–H groups in total. The zero-order valence-corrected chi connectivity index (χ0v) is 11.0. The molecule has 0 spiro atoms. The highest BCUT2D eigenvalue weighted by Gasteiger charge is 2.21. The molecule has 2 aromatic carbocycles. The maximum atomic E-state index is 3.60. The van der Waals surface area contributed by atoms with Crippen LogP contribution in [0.15, 0.2) is 48.5 Å². The lowest BCUT2D eigenvalue weighted by Gasteiger charge is -2.13. The number of rotatable bonds is 2. The van der Waals surface area contributed by atoms with Gasteiger partial charge in [-0.25, -0.2) is 0 Å². The summed E-state index contributed by atoms with van der Waals surface area (Å²) >= 11 is 0. The zero-order valence-electron chi connectivity index (χ0n) is 11.0. The molecule has 0 aliphatic carbocycles. The summed E-state index contributed by atoms with van der Waals surface area (Å²) in [7, 11) is 0. The number of para-hydroxylation sites is 1. The molecule has 2 aromatic rings. The lowest BCUT2D eigenvalue weighted by Crippen LogP contribution is -2.05. The number of hydrogen-bond donors (Lipinski definition) is 1. The van der Waals surface area contributed by atoms with E-state index in [4.69, 9.17) is 0 Å². The van der Waals surface area contributed by atoms with E-state index in [-0.39, 0.29) is 0 Å². The van der Waals surface area contributed by atoms with Gasteiger partial charge >= 0.3 is 0 Å². The molecule has 0 fully saturated rings. The van der Waals surface area contributed by atoms with E-state index in [0.717, 1.165) is 6.42 Å². The van der Waals surface area contributed by atoms with E-state index in [1.807, 2.05) is 0 Å². The molecule has 1 nitrogen and oxygen atoms in total. The summed E-state index contributed by atoms with van der Waals surface area (Å²) in [5.74, 6) is 0.604. The average Bonchev–Trinajstić information content (AvgIpc) is 2.82. The second-order valence-electron chi connectivity index (χ2n) is 5.38. The zero-order chi connectivity index (χ0) is 12.5. The minimum absolute atomic E-state index is 0.434. The Morgan fingerprint density at radius 2 is 1.72 bits per heavy atom. The van der Waals surface area contributed by atoms with Gasteiger partial charge < -0.3 is 5.32 Å². The first-order valence-corrected chi connectivity index (χ1v) is 6.68. The number of benzene rings is 2. The van der Waals surface area contributed by atoms with Crippen LogP contribution in [0.1, 0.15) is 42.5 Å². The predicted molar refractivity (Wildman–Crippen MR) is 77.0 cm³/mol. The van der Waals surface area contributed by atoms with Crippen LogP contribution in [0, 0.1) is 0 Å². The Hall–Kier alpha value is -1.76. The SMILES string of the molecule is CC(C)c1ccc([C@@H]2Cc3ccccc3N2)cc1. The highest BCUT2D eigenvalue weighted by molar-refractivity contribution is 5.58. The molecular weight excluding hydrogens is 218 g/mol. The first-order chi connectivity index (χ1) is 8.74. The van der Waals surface area contributed by atoms with Gasteiger partial charge in [0, 0.05) is 5.69 Å². The molecule has 3 rings (SSSR count). The van der Waals surface area contributed by atoms with Crippen molar-refractivity contribution in [3.63, 3.8) is 0 Å². The van der Waals surface area contributed by atoms with Crippen molar-refractivity contribution in [1.82, 2.24) is 0 Å². The van der Waals surface area contributed by atoms with Gasteiger partial charge in [0.15, 0.2) is 0 Å². The largest absolute Gasteiger partial charge is 0.378 e. The van der Waals surface area contributed by atoms with Crippen molar-refractivity contribution >= 4 is 5.69 Å². The van der Waals surface area contributed by atoms with Crippen LogP contribution >= 0.6 is 0 Å². The van der Waals surface area contributed by atoms with Crippen molar-refractivity contribution in [2.75, 3.05) is 5.32 Å². The third kappa shape index (κ3) is 2.01. The molecule has 1 heterocycles. The van der Waals surface area contributed by atoms with E-state index < -0.39 is 0 Å². The number of anilines is 1. The molecule has 0 saturated carbocycles. The molecular formula is C17H19N. The Labute approximate surface area is 109 Å². The van der Waals surface area contributed by atoms with Crippen molar-refractivity contribution in [1.29, 1.82) is 0 Å². The molecule has 0 bridgehead atoms. The normalized spacial score (nSPS) is 17.6. The second kappa shape index (κ2) is 4.49. The third-order valence-corrected chi connectivity index (χ3v) is 3.78.